The standard InChI is InChI=1S/C8H7BF3N2O/c1-14-7(15)3-5-2-6(9(10,11)12)4-13-8(5)14/h2,4H,3H2,1H3/q-1. The van der Waals surface area contributed by atoms with E-state index in [1.54, 1.807) is 0 Å². The van der Waals surface area contributed by atoms with Crippen LogP contribution in [0.15, 0.2) is 12.3 Å². The molecule has 1 aromatic heterocycles. The first-order valence-electron chi connectivity index (χ1n) is 4.35. The Kier molecular flexibility index (Phi) is 1.99. The van der Waals surface area contributed by atoms with Gasteiger partial charge in [-0.05, 0) is 0 Å². The zero-order chi connectivity index (χ0) is 11.2. The van der Waals surface area contributed by atoms with Gasteiger partial charge >= 0.3 is 6.98 Å². The molecule has 0 bridgehead atoms. The summed E-state index contributed by atoms with van der Waals surface area (Å²) in [5.41, 5.74) is -0.406. The van der Waals surface area contributed by atoms with Crippen LogP contribution < -0.4 is 10.4 Å². The Morgan fingerprint density at radius 1 is 1.47 bits per heavy atom. The fourth-order valence-corrected chi connectivity index (χ4v) is 1.53. The molecule has 0 aromatic carbocycles. The van der Waals surface area contributed by atoms with Crippen molar-refractivity contribution < 1.29 is 17.7 Å². The van der Waals surface area contributed by atoms with Crippen molar-refractivity contribution in [3.63, 3.8) is 0 Å². The Morgan fingerprint density at radius 2 is 2.13 bits per heavy atom. The van der Waals surface area contributed by atoms with Crippen molar-refractivity contribution in [1.29, 1.82) is 0 Å². The number of carbonyl (C=O) groups excluding carboxylic acids is 1. The second kappa shape index (κ2) is 2.98. The summed E-state index contributed by atoms with van der Waals surface area (Å²) in [6.45, 7) is -5.04. The van der Waals surface area contributed by atoms with Gasteiger partial charge in [0.15, 0.2) is 0 Å². The molecule has 1 aromatic rings. The highest BCUT2D eigenvalue weighted by atomic mass is 19.4. The summed E-state index contributed by atoms with van der Waals surface area (Å²) in [6, 6.07) is 1.00. The van der Waals surface area contributed by atoms with Crippen LogP contribution in [0.3, 0.4) is 0 Å². The maximum atomic E-state index is 12.4. The van der Waals surface area contributed by atoms with Gasteiger partial charge in [0.2, 0.25) is 5.91 Å². The van der Waals surface area contributed by atoms with E-state index in [1.807, 2.05) is 0 Å². The summed E-state index contributed by atoms with van der Waals surface area (Å²) in [4.78, 5) is 16.1. The average molecular weight is 215 g/mol. The first kappa shape index (κ1) is 10.0. The molecule has 7 heteroatoms. The minimum absolute atomic E-state index is 0.00116. The summed E-state index contributed by atoms with van der Waals surface area (Å²) in [5, 5.41) is 0. The molecule has 0 fully saturated rings. The largest absolute Gasteiger partial charge is 0.511 e. The first-order chi connectivity index (χ1) is 6.89. The Morgan fingerprint density at radius 3 is 2.73 bits per heavy atom. The lowest BCUT2D eigenvalue weighted by atomic mass is 9.81. The van der Waals surface area contributed by atoms with Gasteiger partial charge < -0.3 is 12.9 Å². The summed E-state index contributed by atoms with van der Waals surface area (Å²) in [5.74, 6) is 0.0909. The lowest BCUT2D eigenvalue weighted by Gasteiger charge is -2.15. The predicted molar refractivity (Wildman–Crippen MR) is 50.1 cm³/mol. The maximum Gasteiger partial charge on any atom is 0.511 e. The SMILES string of the molecule is CN1C(=O)Cc2cc([B-](F)(F)F)cnc21. The highest BCUT2D eigenvalue weighted by molar-refractivity contribution is 6.73. The molecule has 0 saturated carbocycles. The normalized spacial score (nSPS) is 15.7. The monoisotopic (exact) mass is 215 g/mol. The number of likely N-dealkylation sites (N-methyl/N-ethyl adjacent to an activating group) is 1. The van der Waals surface area contributed by atoms with Gasteiger partial charge in [-0.1, -0.05) is 11.5 Å². The third-order valence-corrected chi connectivity index (χ3v) is 2.38. The molecule has 0 unspecified atom stereocenters. The van der Waals surface area contributed by atoms with Crippen molar-refractivity contribution in [3.05, 3.63) is 17.8 Å². The van der Waals surface area contributed by atoms with Gasteiger partial charge in [0.25, 0.3) is 0 Å². The molecule has 0 spiro atoms. The third kappa shape index (κ3) is 1.58. The summed E-state index contributed by atoms with van der Waals surface area (Å²) in [7, 11) is 1.50. The molecule has 2 heterocycles. The number of hydrogen-bond donors (Lipinski definition) is 0. The quantitative estimate of drug-likeness (QED) is 0.644. The average Bonchev–Trinajstić information content (AvgIpc) is 2.41. The number of hydrogen-bond acceptors (Lipinski definition) is 2. The van der Waals surface area contributed by atoms with Crippen LogP contribution in [0.1, 0.15) is 5.56 Å². The molecule has 1 amide bonds. The van der Waals surface area contributed by atoms with Gasteiger partial charge in [0, 0.05) is 18.8 Å². The van der Waals surface area contributed by atoms with Crippen LogP contribution in [0.5, 0.6) is 0 Å². The molecular weight excluding hydrogens is 208 g/mol. The van der Waals surface area contributed by atoms with Crippen molar-refractivity contribution in [2.75, 3.05) is 11.9 Å². The third-order valence-electron chi connectivity index (χ3n) is 2.38. The van der Waals surface area contributed by atoms with Crippen LogP contribution in [-0.4, -0.2) is 24.9 Å². The van der Waals surface area contributed by atoms with Gasteiger partial charge in [-0.25, -0.2) is 4.98 Å². The second-order valence-electron chi connectivity index (χ2n) is 3.46. The van der Waals surface area contributed by atoms with E-state index in [9.17, 15) is 17.7 Å². The Balaban J connectivity index is 2.47. The molecule has 1 aliphatic heterocycles. The maximum absolute atomic E-state index is 12.4. The fraction of sp³-hybridized carbons (Fsp3) is 0.250. The molecule has 0 saturated heterocycles. The number of rotatable bonds is 1. The molecule has 3 nitrogen and oxygen atoms in total. The fourth-order valence-electron chi connectivity index (χ4n) is 1.53. The number of amides is 1. The van der Waals surface area contributed by atoms with E-state index in [1.165, 1.54) is 11.9 Å². The number of nitrogens with zero attached hydrogens (tertiary/aromatic N) is 2. The van der Waals surface area contributed by atoms with Gasteiger partial charge in [-0.2, -0.15) is 0 Å². The lowest BCUT2D eigenvalue weighted by Crippen LogP contribution is -2.34. The van der Waals surface area contributed by atoms with E-state index in [0.29, 0.717) is 11.4 Å². The first-order valence-corrected chi connectivity index (χ1v) is 4.35. The van der Waals surface area contributed by atoms with Crippen molar-refractivity contribution >= 4 is 24.2 Å². The van der Waals surface area contributed by atoms with Crippen LogP contribution in [0.25, 0.3) is 0 Å². The molecule has 0 aliphatic carbocycles. The zero-order valence-corrected chi connectivity index (χ0v) is 7.88. The van der Waals surface area contributed by atoms with Crippen LogP contribution in [-0.2, 0) is 11.2 Å². The van der Waals surface area contributed by atoms with Crippen LogP contribution in [0.4, 0.5) is 18.8 Å². The van der Waals surface area contributed by atoms with Gasteiger partial charge in [-0.15, -0.1) is 0 Å². The number of carbonyl (C=O) groups is 1. The van der Waals surface area contributed by atoms with Gasteiger partial charge in [-0.3, -0.25) is 9.69 Å². The summed E-state index contributed by atoms with van der Waals surface area (Å²) < 4.78 is 37.1. The Labute approximate surface area is 84.0 Å². The molecule has 0 atom stereocenters. The van der Waals surface area contributed by atoms with Crippen molar-refractivity contribution in [2.45, 2.75) is 6.42 Å². The van der Waals surface area contributed by atoms with Crippen LogP contribution in [0, 0.1) is 0 Å². The van der Waals surface area contributed by atoms with E-state index >= 15 is 0 Å². The van der Waals surface area contributed by atoms with Gasteiger partial charge in [0.05, 0.1) is 6.42 Å². The summed E-state index contributed by atoms with van der Waals surface area (Å²) in [6.07, 6.45) is 0.771. The number of aromatic nitrogens is 1. The summed E-state index contributed by atoms with van der Waals surface area (Å²) >= 11 is 0. The molecule has 1 aliphatic rings. The van der Waals surface area contributed by atoms with E-state index in [4.69, 9.17) is 0 Å². The Bertz CT molecular complexity index is 432. The van der Waals surface area contributed by atoms with Gasteiger partial charge in [0.1, 0.15) is 5.82 Å². The molecule has 0 N–H and O–H groups in total. The van der Waals surface area contributed by atoms with E-state index < -0.39 is 12.4 Å². The van der Waals surface area contributed by atoms with E-state index in [-0.39, 0.29) is 12.3 Å². The molecule has 0 radical (unpaired) electrons. The second-order valence-corrected chi connectivity index (χ2v) is 3.46. The Hall–Kier alpha value is -1.53. The highest BCUT2D eigenvalue weighted by Gasteiger charge is 2.30. The van der Waals surface area contributed by atoms with Crippen LogP contribution >= 0.6 is 0 Å². The lowest BCUT2D eigenvalue weighted by molar-refractivity contribution is -0.117. The molecule has 2 rings (SSSR count). The number of anilines is 1. The topological polar surface area (TPSA) is 33.2 Å². The number of fused-ring (bicyclic) bond motifs is 1. The van der Waals surface area contributed by atoms with E-state index in [2.05, 4.69) is 4.98 Å². The van der Waals surface area contributed by atoms with Crippen molar-refractivity contribution in [1.82, 2.24) is 4.98 Å². The minimum Gasteiger partial charge on any atom is -0.445 e. The number of halogens is 3. The van der Waals surface area contributed by atoms with Crippen molar-refractivity contribution in [3.8, 4) is 0 Å². The molecular formula is C8H7BF3N2O-. The minimum atomic E-state index is -5.04. The molecule has 80 valence electrons. The van der Waals surface area contributed by atoms with Crippen LogP contribution in [0.2, 0.25) is 0 Å². The predicted octanol–water partition coefficient (Wildman–Crippen LogP) is 0.655. The van der Waals surface area contributed by atoms with E-state index in [0.717, 1.165) is 12.3 Å². The molecule has 15 heavy (non-hydrogen) atoms. The number of pyridine rings is 1. The zero-order valence-electron chi connectivity index (χ0n) is 7.88. The highest BCUT2D eigenvalue weighted by Crippen LogP contribution is 2.24. The van der Waals surface area contributed by atoms with Crippen molar-refractivity contribution in [2.24, 2.45) is 0 Å². The smallest absolute Gasteiger partial charge is 0.445 e.